The van der Waals surface area contributed by atoms with E-state index in [1.165, 1.54) is 30.3 Å². The molecule has 2 aromatic carbocycles. The van der Waals surface area contributed by atoms with Gasteiger partial charge in [-0.2, -0.15) is 18.3 Å². The first-order valence-electron chi connectivity index (χ1n) is 10.5. The highest BCUT2D eigenvalue weighted by Gasteiger charge is 2.32. The van der Waals surface area contributed by atoms with Crippen molar-refractivity contribution < 1.29 is 26.4 Å². The van der Waals surface area contributed by atoms with E-state index in [9.17, 15) is 26.4 Å². The van der Waals surface area contributed by atoms with E-state index in [0.29, 0.717) is 16.1 Å². The monoisotopic (exact) mass is 550 g/mol. The van der Waals surface area contributed by atoms with Gasteiger partial charge in [0, 0.05) is 16.3 Å². The Morgan fingerprint density at radius 2 is 1.73 bits per heavy atom. The number of rotatable bonds is 8. The number of nitrogens with zero attached hydrogens (tertiary/aromatic N) is 2. The van der Waals surface area contributed by atoms with Crippen LogP contribution >= 0.6 is 11.6 Å². The molecular weight excluding hydrogens is 533 g/mol. The summed E-state index contributed by atoms with van der Waals surface area (Å²) in [5.41, 5.74) is 5.54. The fourth-order valence-electron chi connectivity index (χ4n) is 3.41. The number of amides is 1. The molecular formula is C23H18ClF3N6O3S. The van der Waals surface area contributed by atoms with Gasteiger partial charge < -0.3 is 11.1 Å². The van der Waals surface area contributed by atoms with Gasteiger partial charge in [-0.1, -0.05) is 48.0 Å². The van der Waals surface area contributed by atoms with Crippen molar-refractivity contribution in [3.63, 3.8) is 0 Å². The zero-order valence-electron chi connectivity index (χ0n) is 18.7. The molecule has 0 atom stereocenters. The molecule has 9 nitrogen and oxygen atoms in total. The smallest absolute Gasteiger partial charge is 0.365 e. The summed E-state index contributed by atoms with van der Waals surface area (Å²) >= 11 is 6.04. The van der Waals surface area contributed by atoms with Gasteiger partial charge in [0.1, 0.15) is 17.1 Å². The van der Waals surface area contributed by atoms with Crippen molar-refractivity contribution in [1.29, 1.82) is 0 Å². The molecule has 37 heavy (non-hydrogen) atoms. The normalized spacial score (nSPS) is 11.8. The number of hydrogen-bond acceptors (Lipinski definition) is 6. The van der Waals surface area contributed by atoms with E-state index < -0.39 is 27.8 Å². The van der Waals surface area contributed by atoms with Crippen molar-refractivity contribution in [3.05, 3.63) is 88.6 Å². The van der Waals surface area contributed by atoms with Crippen molar-refractivity contribution >= 4 is 44.9 Å². The number of primary amides is 1. The molecule has 192 valence electrons. The van der Waals surface area contributed by atoms with Crippen LogP contribution in [0.15, 0.2) is 66.7 Å². The highest BCUT2D eigenvalue weighted by Crippen LogP contribution is 2.31. The van der Waals surface area contributed by atoms with Gasteiger partial charge in [0.25, 0.3) is 5.91 Å². The summed E-state index contributed by atoms with van der Waals surface area (Å²) < 4.78 is 66.5. The van der Waals surface area contributed by atoms with E-state index in [-0.39, 0.29) is 34.3 Å². The molecule has 14 heteroatoms. The first kappa shape index (κ1) is 26.0. The maximum Gasteiger partial charge on any atom is 0.433 e. The largest absolute Gasteiger partial charge is 0.433 e. The average molecular weight is 551 g/mol. The van der Waals surface area contributed by atoms with Crippen LogP contribution in [-0.4, -0.2) is 29.5 Å². The van der Waals surface area contributed by atoms with E-state index in [2.05, 4.69) is 25.2 Å². The molecule has 0 saturated carbocycles. The molecule has 0 radical (unpaired) electrons. The molecule has 0 aliphatic heterocycles. The number of alkyl halides is 3. The van der Waals surface area contributed by atoms with Crippen LogP contribution in [0.1, 0.15) is 21.6 Å². The number of anilines is 3. The van der Waals surface area contributed by atoms with E-state index in [4.69, 9.17) is 17.3 Å². The maximum atomic E-state index is 13.0. The third-order valence-electron chi connectivity index (χ3n) is 5.05. The van der Waals surface area contributed by atoms with Gasteiger partial charge in [-0.25, -0.2) is 13.4 Å². The van der Waals surface area contributed by atoms with Crippen molar-refractivity contribution in [2.45, 2.75) is 11.9 Å². The van der Waals surface area contributed by atoms with Gasteiger partial charge in [0.2, 0.25) is 10.0 Å². The van der Waals surface area contributed by atoms with Gasteiger partial charge >= 0.3 is 6.18 Å². The minimum Gasteiger partial charge on any atom is -0.365 e. The van der Waals surface area contributed by atoms with Crippen LogP contribution in [0.2, 0.25) is 5.02 Å². The summed E-state index contributed by atoms with van der Waals surface area (Å²) in [5.74, 6) is -1.56. The van der Waals surface area contributed by atoms with E-state index in [1.807, 2.05) is 0 Å². The first-order valence-corrected chi connectivity index (χ1v) is 12.5. The van der Waals surface area contributed by atoms with Crippen molar-refractivity contribution in [2.75, 3.05) is 10.0 Å². The van der Waals surface area contributed by atoms with Crippen molar-refractivity contribution in [2.24, 2.45) is 5.73 Å². The predicted molar refractivity (Wildman–Crippen MR) is 133 cm³/mol. The van der Waals surface area contributed by atoms with Crippen LogP contribution < -0.4 is 15.8 Å². The standard InChI is InChI=1S/C23H18ClF3N6O3S/c24-16-5-2-1-4-14(16)12-37(35,36)33-15-10-8-13(9-11-15)20-19(21(28)34)22(32-31-20)30-18-7-3-6-17(29-18)23(25,26)27/h1-11,33H,12H2,(H2,28,34)(H2,29,30,31,32). The Morgan fingerprint density at radius 1 is 1.03 bits per heavy atom. The number of nitrogens with one attached hydrogen (secondary N) is 3. The minimum absolute atomic E-state index is 0.119. The molecule has 0 saturated heterocycles. The Labute approximate surface area is 213 Å². The molecule has 2 heterocycles. The van der Waals surface area contributed by atoms with Crippen molar-refractivity contribution in [1.82, 2.24) is 15.2 Å². The molecule has 0 bridgehead atoms. The summed E-state index contributed by atoms with van der Waals surface area (Å²) in [6.45, 7) is 0. The third-order valence-corrected chi connectivity index (χ3v) is 6.66. The molecule has 1 amide bonds. The Kier molecular flexibility index (Phi) is 7.09. The van der Waals surface area contributed by atoms with Crippen LogP contribution in [0.4, 0.5) is 30.5 Å². The molecule has 0 fully saturated rings. The van der Waals surface area contributed by atoms with Crippen LogP contribution in [-0.2, 0) is 22.0 Å². The van der Waals surface area contributed by atoms with Gasteiger partial charge in [-0.15, -0.1) is 0 Å². The maximum absolute atomic E-state index is 13.0. The second-order valence-corrected chi connectivity index (χ2v) is 9.88. The number of carbonyl (C=O) groups excluding carboxylic acids is 1. The Morgan fingerprint density at radius 3 is 2.38 bits per heavy atom. The summed E-state index contributed by atoms with van der Waals surface area (Å²) in [6.07, 6.45) is -4.66. The number of carbonyl (C=O) groups is 1. The highest BCUT2D eigenvalue weighted by atomic mass is 35.5. The summed E-state index contributed by atoms with van der Waals surface area (Å²) in [5, 5.41) is 9.48. The fourth-order valence-corrected chi connectivity index (χ4v) is 4.92. The average Bonchev–Trinajstić information content (AvgIpc) is 3.24. The lowest BCUT2D eigenvalue weighted by Gasteiger charge is -2.10. The number of benzene rings is 2. The lowest BCUT2D eigenvalue weighted by molar-refractivity contribution is -0.141. The topological polar surface area (TPSA) is 143 Å². The SMILES string of the molecule is NC(=O)c1c(Nc2cccc(C(F)(F)F)n2)n[nH]c1-c1ccc(NS(=O)(=O)Cc2ccccc2Cl)cc1. The van der Waals surface area contributed by atoms with E-state index in [1.54, 1.807) is 24.3 Å². The minimum atomic E-state index is -4.66. The third kappa shape index (κ3) is 6.19. The zero-order valence-corrected chi connectivity index (χ0v) is 20.2. The van der Waals surface area contributed by atoms with E-state index in [0.717, 1.165) is 12.1 Å². The van der Waals surface area contributed by atoms with Gasteiger partial charge in [0.15, 0.2) is 5.82 Å². The molecule has 0 aliphatic rings. The number of sulfonamides is 1. The quantitative estimate of drug-likeness (QED) is 0.245. The van der Waals surface area contributed by atoms with Gasteiger partial charge in [-0.05, 0) is 35.9 Å². The molecule has 0 unspecified atom stereocenters. The van der Waals surface area contributed by atoms with Crippen LogP contribution in [0.5, 0.6) is 0 Å². The number of nitrogens with two attached hydrogens (primary N) is 1. The summed E-state index contributed by atoms with van der Waals surface area (Å²) in [4.78, 5) is 15.7. The molecule has 4 rings (SSSR count). The Bertz CT molecular complexity index is 1560. The zero-order chi connectivity index (χ0) is 26.8. The lowest BCUT2D eigenvalue weighted by Crippen LogP contribution is -2.15. The molecule has 0 spiro atoms. The fraction of sp³-hybridized carbons (Fsp3) is 0.0870. The number of pyridine rings is 1. The Balaban J connectivity index is 1.55. The number of halogens is 4. The molecule has 2 aromatic heterocycles. The molecule has 0 aliphatic carbocycles. The number of aromatic nitrogens is 3. The lowest BCUT2D eigenvalue weighted by atomic mass is 10.1. The summed E-state index contributed by atoms with van der Waals surface area (Å²) in [6, 6.07) is 15.8. The van der Waals surface area contributed by atoms with Crippen molar-refractivity contribution in [3.8, 4) is 11.3 Å². The molecule has 4 aromatic rings. The van der Waals surface area contributed by atoms with Crippen LogP contribution in [0.3, 0.4) is 0 Å². The Hall–Kier alpha value is -4.10. The van der Waals surface area contributed by atoms with E-state index >= 15 is 0 Å². The van der Waals surface area contributed by atoms with Gasteiger partial charge in [-0.3, -0.25) is 14.6 Å². The second kappa shape index (κ2) is 10.1. The highest BCUT2D eigenvalue weighted by molar-refractivity contribution is 7.91. The van der Waals surface area contributed by atoms with Gasteiger partial charge in [0.05, 0.1) is 11.4 Å². The first-order chi connectivity index (χ1) is 17.4. The van der Waals surface area contributed by atoms with Crippen LogP contribution in [0, 0.1) is 0 Å². The summed E-state index contributed by atoms with van der Waals surface area (Å²) in [7, 11) is -3.78. The molecule has 5 N–H and O–H groups in total. The number of aromatic amines is 1. The van der Waals surface area contributed by atoms with Crippen LogP contribution in [0.25, 0.3) is 11.3 Å². The second-order valence-electron chi connectivity index (χ2n) is 7.75. The number of H-pyrrole nitrogens is 1. The predicted octanol–water partition coefficient (Wildman–Crippen LogP) is 4.93. The number of hydrogen-bond donors (Lipinski definition) is 4.